The number of aromatic nitrogens is 1. The molecule has 0 spiro atoms. The van der Waals surface area contributed by atoms with Crippen molar-refractivity contribution in [2.45, 2.75) is 6.92 Å². The van der Waals surface area contributed by atoms with Crippen molar-refractivity contribution in [1.29, 1.82) is 5.26 Å². The molecule has 3 aromatic rings. The smallest absolute Gasteiger partial charge is 0.147 e. The Bertz CT molecular complexity index is 867. The first-order valence-corrected chi connectivity index (χ1v) is 6.64. The van der Waals surface area contributed by atoms with Crippen LogP contribution in [0, 0.1) is 17.1 Å². The van der Waals surface area contributed by atoms with E-state index in [4.69, 9.17) is 5.26 Å². The van der Waals surface area contributed by atoms with E-state index in [1.165, 1.54) is 6.07 Å². The molecule has 0 amide bonds. The Morgan fingerprint density at radius 1 is 1.14 bits per heavy atom. The minimum absolute atomic E-state index is 0.273. The highest BCUT2D eigenvalue weighted by atomic mass is 19.1. The van der Waals surface area contributed by atoms with Gasteiger partial charge in [-0.3, -0.25) is 0 Å². The van der Waals surface area contributed by atoms with Crippen LogP contribution < -0.4 is 0 Å². The molecule has 2 nitrogen and oxygen atoms in total. The average Bonchev–Trinajstić information content (AvgIpc) is 2.88. The Morgan fingerprint density at radius 2 is 1.90 bits per heavy atom. The molecular weight excluding hydrogens is 263 g/mol. The summed E-state index contributed by atoms with van der Waals surface area (Å²) in [5, 5.41) is 9.75. The van der Waals surface area contributed by atoms with Gasteiger partial charge in [0.1, 0.15) is 5.82 Å². The molecule has 0 bridgehead atoms. The zero-order chi connectivity index (χ0) is 14.8. The molecule has 0 aliphatic rings. The van der Waals surface area contributed by atoms with Crippen molar-refractivity contribution >= 4 is 17.0 Å². The van der Waals surface area contributed by atoms with Crippen molar-refractivity contribution in [3.63, 3.8) is 0 Å². The summed E-state index contributed by atoms with van der Waals surface area (Å²) in [4.78, 5) is 0. The van der Waals surface area contributed by atoms with Crippen LogP contribution in [0.2, 0.25) is 0 Å². The van der Waals surface area contributed by atoms with E-state index < -0.39 is 0 Å². The summed E-state index contributed by atoms with van der Waals surface area (Å²) < 4.78 is 16.1. The fourth-order valence-electron chi connectivity index (χ4n) is 2.44. The molecule has 0 atom stereocenters. The highest BCUT2D eigenvalue weighted by Gasteiger charge is 2.12. The summed E-state index contributed by atoms with van der Waals surface area (Å²) in [6, 6.07) is 16.7. The van der Waals surface area contributed by atoms with E-state index in [0.717, 1.165) is 16.6 Å². The van der Waals surface area contributed by atoms with Gasteiger partial charge in [0.15, 0.2) is 0 Å². The van der Waals surface area contributed by atoms with Gasteiger partial charge in [0.05, 0.1) is 11.6 Å². The molecule has 21 heavy (non-hydrogen) atoms. The standard InChI is InChI=1S/C18H13FN2/c1-13(11-20)10-14-12-21(15-6-3-2-4-7-15)18-16(14)8-5-9-17(18)19/h2-10,12H,1H3/b13-10-. The molecule has 3 heteroatoms. The van der Waals surface area contributed by atoms with Gasteiger partial charge in [0.25, 0.3) is 0 Å². The van der Waals surface area contributed by atoms with Crippen LogP contribution in [0.4, 0.5) is 4.39 Å². The molecule has 0 fully saturated rings. The summed E-state index contributed by atoms with van der Waals surface area (Å²) >= 11 is 0. The molecule has 0 N–H and O–H groups in total. The maximum Gasteiger partial charge on any atom is 0.147 e. The second-order valence-corrected chi connectivity index (χ2v) is 4.87. The fraction of sp³-hybridized carbons (Fsp3) is 0.0556. The van der Waals surface area contributed by atoms with Gasteiger partial charge in [-0.05, 0) is 31.2 Å². The number of benzene rings is 2. The lowest BCUT2D eigenvalue weighted by molar-refractivity contribution is 0.634. The van der Waals surface area contributed by atoms with E-state index in [9.17, 15) is 4.39 Å². The normalized spacial score (nSPS) is 11.6. The minimum atomic E-state index is -0.273. The van der Waals surface area contributed by atoms with Crippen molar-refractivity contribution < 1.29 is 4.39 Å². The van der Waals surface area contributed by atoms with Crippen molar-refractivity contribution in [3.8, 4) is 11.8 Å². The SMILES string of the molecule is C/C(C#N)=C/c1cn(-c2ccccc2)c2c(F)cccc12. The van der Waals surface area contributed by atoms with E-state index in [-0.39, 0.29) is 5.82 Å². The van der Waals surface area contributed by atoms with Gasteiger partial charge in [0.2, 0.25) is 0 Å². The number of nitrogens with zero attached hydrogens (tertiary/aromatic N) is 2. The molecule has 1 aromatic heterocycles. The van der Waals surface area contributed by atoms with Crippen LogP contribution in [-0.2, 0) is 0 Å². The maximum absolute atomic E-state index is 14.3. The van der Waals surface area contributed by atoms with E-state index in [2.05, 4.69) is 6.07 Å². The van der Waals surface area contributed by atoms with Crippen LogP contribution in [0.15, 0.2) is 60.3 Å². The van der Waals surface area contributed by atoms with Crippen molar-refractivity contribution in [3.05, 3.63) is 71.7 Å². The first-order chi connectivity index (χ1) is 10.2. The van der Waals surface area contributed by atoms with E-state index in [1.807, 2.05) is 47.2 Å². The van der Waals surface area contributed by atoms with E-state index in [0.29, 0.717) is 11.1 Å². The van der Waals surface area contributed by atoms with Crippen LogP contribution in [0.5, 0.6) is 0 Å². The first-order valence-electron chi connectivity index (χ1n) is 6.64. The summed E-state index contributed by atoms with van der Waals surface area (Å²) in [6.45, 7) is 1.74. The number of fused-ring (bicyclic) bond motifs is 1. The molecule has 3 rings (SSSR count). The largest absolute Gasteiger partial charge is 0.313 e. The molecule has 0 saturated carbocycles. The summed E-state index contributed by atoms with van der Waals surface area (Å²) in [7, 11) is 0. The van der Waals surface area contributed by atoms with Gasteiger partial charge in [-0.2, -0.15) is 5.26 Å². The molecule has 0 radical (unpaired) electrons. The summed E-state index contributed by atoms with van der Waals surface area (Å²) in [6.07, 6.45) is 3.64. The third-order valence-corrected chi connectivity index (χ3v) is 3.39. The van der Waals surface area contributed by atoms with Crippen LogP contribution in [0.1, 0.15) is 12.5 Å². The van der Waals surface area contributed by atoms with Gasteiger partial charge in [0, 0.05) is 28.4 Å². The summed E-state index contributed by atoms with van der Waals surface area (Å²) in [5.41, 5.74) is 2.85. The highest BCUT2D eigenvalue weighted by Crippen LogP contribution is 2.28. The second kappa shape index (κ2) is 5.26. The first kappa shape index (κ1) is 13.1. The molecule has 0 aliphatic carbocycles. The Morgan fingerprint density at radius 3 is 2.62 bits per heavy atom. The molecule has 0 unspecified atom stereocenters. The number of hydrogen-bond acceptors (Lipinski definition) is 1. The molecule has 0 saturated heterocycles. The second-order valence-electron chi connectivity index (χ2n) is 4.87. The Balaban J connectivity index is 2.34. The van der Waals surface area contributed by atoms with Gasteiger partial charge < -0.3 is 4.57 Å². The zero-order valence-electron chi connectivity index (χ0n) is 11.5. The number of rotatable bonds is 2. The lowest BCUT2D eigenvalue weighted by atomic mass is 10.1. The zero-order valence-corrected chi connectivity index (χ0v) is 11.5. The minimum Gasteiger partial charge on any atom is -0.313 e. The third-order valence-electron chi connectivity index (χ3n) is 3.39. The lowest BCUT2D eigenvalue weighted by Gasteiger charge is -2.05. The summed E-state index contributed by atoms with van der Waals surface area (Å²) in [5.74, 6) is -0.273. The molecular formula is C18H13FN2. The van der Waals surface area contributed by atoms with Gasteiger partial charge in [-0.1, -0.05) is 30.3 Å². The van der Waals surface area contributed by atoms with E-state index >= 15 is 0 Å². The molecule has 2 aromatic carbocycles. The number of hydrogen-bond donors (Lipinski definition) is 0. The third kappa shape index (κ3) is 2.32. The Kier molecular flexibility index (Phi) is 3.29. The van der Waals surface area contributed by atoms with Crippen LogP contribution in [0.25, 0.3) is 22.7 Å². The van der Waals surface area contributed by atoms with E-state index in [1.54, 1.807) is 19.1 Å². The number of para-hydroxylation sites is 2. The van der Waals surface area contributed by atoms with Crippen molar-refractivity contribution in [1.82, 2.24) is 4.57 Å². The number of allylic oxidation sites excluding steroid dienone is 1. The average molecular weight is 276 g/mol. The Labute approximate surface area is 122 Å². The number of nitriles is 1. The monoisotopic (exact) mass is 276 g/mol. The quantitative estimate of drug-likeness (QED) is 0.624. The van der Waals surface area contributed by atoms with Gasteiger partial charge in [-0.15, -0.1) is 0 Å². The lowest BCUT2D eigenvalue weighted by Crippen LogP contribution is -1.93. The predicted molar refractivity (Wildman–Crippen MR) is 82.5 cm³/mol. The highest BCUT2D eigenvalue weighted by molar-refractivity contribution is 5.91. The number of halogens is 1. The van der Waals surface area contributed by atoms with Crippen molar-refractivity contribution in [2.24, 2.45) is 0 Å². The van der Waals surface area contributed by atoms with Gasteiger partial charge >= 0.3 is 0 Å². The van der Waals surface area contributed by atoms with Crippen LogP contribution in [-0.4, -0.2) is 4.57 Å². The van der Waals surface area contributed by atoms with Crippen LogP contribution in [0.3, 0.4) is 0 Å². The van der Waals surface area contributed by atoms with Crippen LogP contribution >= 0.6 is 0 Å². The predicted octanol–water partition coefficient (Wildman–Crippen LogP) is 4.70. The Hall–Kier alpha value is -2.86. The maximum atomic E-state index is 14.3. The fourth-order valence-corrected chi connectivity index (χ4v) is 2.44. The molecule has 102 valence electrons. The molecule has 0 aliphatic heterocycles. The topological polar surface area (TPSA) is 28.7 Å². The van der Waals surface area contributed by atoms with Gasteiger partial charge in [-0.25, -0.2) is 4.39 Å². The molecule has 1 heterocycles. The van der Waals surface area contributed by atoms with Crippen molar-refractivity contribution in [2.75, 3.05) is 0 Å².